The Morgan fingerprint density at radius 1 is 1.20 bits per heavy atom. The Labute approximate surface area is 252 Å². The first kappa shape index (κ1) is 33.1. The van der Waals surface area contributed by atoms with E-state index in [0.29, 0.717) is 13.0 Å². The minimum Gasteiger partial charge on any atom is -0.465 e. The van der Waals surface area contributed by atoms with Crippen LogP contribution in [0.3, 0.4) is 0 Å². The number of nitrogens with two attached hydrogens (primary N) is 1. The number of halogens is 3. The van der Waals surface area contributed by atoms with Gasteiger partial charge in [-0.3, -0.25) is 9.69 Å². The van der Waals surface area contributed by atoms with Crippen molar-refractivity contribution in [2.75, 3.05) is 26.3 Å². The van der Waals surface area contributed by atoms with Crippen LogP contribution >= 0.6 is 0 Å². The van der Waals surface area contributed by atoms with E-state index < -0.39 is 66.2 Å². The number of rotatable bonds is 9. The summed E-state index contributed by atoms with van der Waals surface area (Å²) in [6.07, 6.45) is -6.33. The van der Waals surface area contributed by atoms with Gasteiger partial charge in [-0.05, 0) is 35.5 Å². The number of carbonyl (C=O) groups excluding carboxylic acids is 4. The largest absolute Gasteiger partial charge is 0.465 e. The summed E-state index contributed by atoms with van der Waals surface area (Å²) >= 11 is 0. The molecule has 0 bridgehead atoms. The molecule has 3 heterocycles. The van der Waals surface area contributed by atoms with Crippen LogP contribution in [0.25, 0.3) is 0 Å². The standard InChI is InChI=1S/C29H38F3N5O7/c1-26(2,3)23(37(25(42)43)28(13-44-14-28)29(30,31)32)20(12-40)36-9-16-21(27(16,4)5)22(36)24(41)35-18(17(33)10-38)8-15-6-7-34-19(15)11-39/h15-16,18,21-23,34H,6-9,13-14,33H2,1-5H3,(H,35,41)(H,42,43)/t15-,16-,18?,21-,22-,23?/m0/s1. The summed E-state index contributed by atoms with van der Waals surface area (Å²) in [5.41, 5.74) is 0.920. The second-order valence-corrected chi connectivity index (χ2v) is 13.8. The Kier molecular flexibility index (Phi) is 8.52. The molecule has 242 valence electrons. The summed E-state index contributed by atoms with van der Waals surface area (Å²) in [4.78, 5) is 63.9. The number of carboxylic acid groups (broad SMARTS) is 1. The number of fused-ring (bicyclic) bond motifs is 1. The number of piperidine rings is 1. The quantitative estimate of drug-likeness (QED) is 0.274. The van der Waals surface area contributed by atoms with Crippen LogP contribution in [0.15, 0.2) is 17.1 Å². The predicted molar refractivity (Wildman–Crippen MR) is 148 cm³/mol. The Balaban J connectivity index is 1.73. The van der Waals surface area contributed by atoms with Gasteiger partial charge in [0.15, 0.2) is 5.54 Å². The van der Waals surface area contributed by atoms with Crippen LogP contribution in [0, 0.1) is 28.6 Å². The molecule has 12 nitrogen and oxygen atoms in total. The molecule has 4 fully saturated rings. The first-order valence-corrected chi connectivity index (χ1v) is 14.4. The van der Waals surface area contributed by atoms with Gasteiger partial charge in [-0.1, -0.05) is 34.6 Å². The lowest BCUT2D eigenvalue weighted by Crippen LogP contribution is -2.75. The molecule has 4 rings (SSSR count). The molecule has 2 amide bonds. The number of hydrogen-bond acceptors (Lipinski definition) is 9. The Bertz CT molecular complexity index is 1350. The third-order valence-corrected chi connectivity index (χ3v) is 9.76. The summed E-state index contributed by atoms with van der Waals surface area (Å²) in [5.74, 6) is 3.59. The van der Waals surface area contributed by atoms with Gasteiger partial charge in [-0.25, -0.2) is 19.2 Å². The fourth-order valence-electron chi connectivity index (χ4n) is 7.20. The average Bonchev–Trinajstić information content (AvgIpc) is 3.27. The molecule has 6 atom stereocenters. The number of alkyl halides is 3. The van der Waals surface area contributed by atoms with E-state index in [1.54, 1.807) is 11.9 Å². The van der Waals surface area contributed by atoms with Crippen molar-refractivity contribution in [3.63, 3.8) is 0 Å². The summed E-state index contributed by atoms with van der Waals surface area (Å²) in [6.45, 7) is 7.03. The van der Waals surface area contributed by atoms with Crippen LogP contribution in [-0.4, -0.2) is 101 Å². The minimum absolute atomic E-state index is 0.0798. The summed E-state index contributed by atoms with van der Waals surface area (Å²) in [7, 11) is 0. The van der Waals surface area contributed by atoms with Crippen LogP contribution in [0.2, 0.25) is 0 Å². The fourth-order valence-corrected chi connectivity index (χ4v) is 7.20. The zero-order chi connectivity index (χ0) is 33.0. The number of nitrogens with zero attached hydrogens (tertiary/aromatic N) is 2. The Morgan fingerprint density at radius 2 is 1.84 bits per heavy atom. The van der Waals surface area contributed by atoms with E-state index in [1.807, 2.05) is 19.8 Å². The van der Waals surface area contributed by atoms with Gasteiger partial charge < -0.3 is 31.1 Å². The average molecular weight is 626 g/mol. The number of hydrogen-bond donors (Lipinski definition) is 4. The molecule has 5 N–H and O–H groups in total. The third-order valence-electron chi connectivity index (χ3n) is 9.76. The lowest BCUT2D eigenvalue weighted by molar-refractivity contribution is -0.305. The normalized spacial score (nSPS) is 27.7. The summed E-state index contributed by atoms with van der Waals surface area (Å²) < 4.78 is 48.3. The first-order valence-electron chi connectivity index (χ1n) is 14.4. The van der Waals surface area contributed by atoms with Gasteiger partial charge in [0.05, 0.1) is 31.0 Å². The topological polar surface area (TPSA) is 171 Å². The molecule has 0 aromatic carbocycles. The van der Waals surface area contributed by atoms with Gasteiger partial charge in [0, 0.05) is 19.0 Å². The molecule has 0 aromatic rings. The van der Waals surface area contributed by atoms with Crippen molar-refractivity contribution in [1.82, 2.24) is 20.4 Å². The number of carbonyl (C=O) groups is 2. The van der Waals surface area contributed by atoms with Crippen molar-refractivity contribution in [2.45, 2.75) is 77.3 Å². The van der Waals surface area contributed by atoms with E-state index in [0.717, 1.165) is 0 Å². The van der Waals surface area contributed by atoms with E-state index in [-0.39, 0.29) is 52.4 Å². The highest BCUT2D eigenvalue weighted by atomic mass is 19.4. The molecular weight excluding hydrogens is 587 g/mol. The van der Waals surface area contributed by atoms with Crippen molar-refractivity contribution in [3.8, 4) is 0 Å². The van der Waals surface area contributed by atoms with Crippen molar-refractivity contribution < 1.29 is 47.0 Å². The maximum Gasteiger partial charge on any atom is 0.416 e. The lowest BCUT2D eigenvalue weighted by atomic mass is 9.79. The lowest BCUT2D eigenvalue weighted by Gasteiger charge is -2.54. The molecule has 0 radical (unpaired) electrons. The molecule has 2 unspecified atom stereocenters. The van der Waals surface area contributed by atoms with Gasteiger partial charge in [0.2, 0.25) is 5.91 Å². The van der Waals surface area contributed by atoms with Crippen LogP contribution < -0.4 is 16.4 Å². The Morgan fingerprint density at radius 3 is 2.30 bits per heavy atom. The zero-order valence-electron chi connectivity index (χ0n) is 25.2. The fraction of sp³-hybridized carbons (Fsp3) is 0.724. The summed E-state index contributed by atoms with van der Waals surface area (Å²) in [5, 5.41) is 15.8. The van der Waals surface area contributed by atoms with Gasteiger partial charge in [-0.15, -0.1) is 0 Å². The highest BCUT2D eigenvalue weighted by Gasteiger charge is 2.71. The SMILES string of the molecule is CC(C)(C)C(C(=C=O)N1C[C@H]2[C@@H]([C@H]1C(=O)NC(C[C@@H]1CCNC1=C=O)C(N)=C=O)C2(C)C)N(C(=O)O)C1(C(F)(F)F)COC1. The van der Waals surface area contributed by atoms with Crippen molar-refractivity contribution in [3.05, 3.63) is 17.1 Å². The van der Waals surface area contributed by atoms with Crippen LogP contribution in [0.1, 0.15) is 47.5 Å². The molecule has 0 spiro atoms. The number of nitrogens with one attached hydrogen (secondary N) is 2. The Hall–Kier alpha value is -3.76. The molecule has 3 saturated heterocycles. The summed E-state index contributed by atoms with van der Waals surface area (Å²) in [6, 6.07) is -3.83. The van der Waals surface area contributed by atoms with Crippen molar-refractivity contribution in [1.29, 1.82) is 0 Å². The van der Waals surface area contributed by atoms with Crippen LogP contribution in [0.5, 0.6) is 0 Å². The number of allylic oxidation sites excluding steroid dienone is 1. The number of likely N-dealkylation sites (tertiary alicyclic amines) is 1. The molecule has 3 aliphatic heterocycles. The molecular formula is C29H38F3N5O7. The zero-order valence-corrected chi connectivity index (χ0v) is 25.2. The monoisotopic (exact) mass is 625 g/mol. The maximum atomic E-state index is 14.5. The second kappa shape index (κ2) is 11.3. The molecule has 1 aliphatic carbocycles. The maximum absolute atomic E-state index is 14.5. The first-order chi connectivity index (χ1) is 20.4. The minimum atomic E-state index is -5.02. The van der Waals surface area contributed by atoms with E-state index in [2.05, 4.69) is 10.6 Å². The molecule has 1 saturated carbocycles. The van der Waals surface area contributed by atoms with E-state index >= 15 is 0 Å². The van der Waals surface area contributed by atoms with E-state index in [9.17, 15) is 42.3 Å². The molecule has 0 aromatic heterocycles. The third kappa shape index (κ3) is 5.38. The molecule has 15 heteroatoms. The van der Waals surface area contributed by atoms with Gasteiger partial charge in [0.1, 0.15) is 35.3 Å². The highest BCUT2D eigenvalue weighted by Crippen LogP contribution is 2.65. The molecule has 4 aliphatic rings. The number of ether oxygens (including phenoxy) is 1. The second-order valence-electron chi connectivity index (χ2n) is 13.8. The van der Waals surface area contributed by atoms with Crippen molar-refractivity contribution in [2.24, 2.45) is 34.3 Å². The van der Waals surface area contributed by atoms with E-state index in [1.165, 1.54) is 25.7 Å². The van der Waals surface area contributed by atoms with Crippen LogP contribution in [-0.2, 0) is 23.9 Å². The van der Waals surface area contributed by atoms with Crippen molar-refractivity contribution >= 4 is 29.8 Å². The molecule has 44 heavy (non-hydrogen) atoms. The number of amides is 2. The smallest absolute Gasteiger partial charge is 0.416 e. The van der Waals surface area contributed by atoms with Gasteiger partial charge in [-0.2, -0.15) is 13.2 Å². The van der Waals surface area contributed by atoms with Crippen LogP contribution in [0.4, 0.5) is 18.0 Å². The highest BCUT2D eigenvalue weighted by molar-refractivity contribution is 5.85. The predicted octanol–water partition coefficient (Wildman–Crippen LogP) is 1.26. The van der Waals surface area contributed by atoms with Gasteiger partial charge >= 0.3 is 12.3 Å². The van der Waals surface area contributed by atoms with Gasteiger partial charge in [0.25, 0.3) is 0 Å². The van der Waals surface area contributed by atoms with E-state index in [4.69, 9.17) is 10.5 Å².